The molecule has 0 atom stereocenters. The minimum absolute atomic E-state index is 0.959. The lowest BCUT2D eigenvalue weighted by atomic mass is 9.89. The highest BCUT2D eigenvalue weighted by Gasteiger charge is 2.44. The van der Waals surface area contributed by atoms with Gasteiger partial charge in [-0.3, -0.25) is 0 Å². The Morgan fingerprint density at radius 1 is 0.243 bits per heavy atom. The van der Waals surface area contributed by atoms with Crippen LogP contribution < -0.4 is 10.4 Å². The van der Waals surface area contributed by atoms with Crippen LogP contribution in [0.4, 0.5) is 0 Å². The van der Waals surface area contributed by atoms with Gasteiger partial charge in [-0.05, 0) is 129 Å². The van der Waals surface area contributed by atoms with E-state index in [0.29, 0.717) is 0 Å². The number of aromatic nitrogens is 1. The van der Waals surface area contributed by atoms with E-state index < -0.39 is 16.1 Å². The summed E-state index contributed by atoms with van der Waals surface area (Å²) >= 11 is 0. The Labute approximate surface area is 414 Å². The van der Waals surface area contributed by atoms with Crippen LogP contribution in [-0.2, 0) is 0 Å². The summed E-state index contributed by atoms with van der Waals surface area (Å²) < 4.78 is 0. The molecule has 2 aliphatic heterocycles. The number of nitrogens with zero attached hydrogens (tertiary/aromatic N) is 1. The van der Waals surface area contributed by atoms with Crippen LogP contribution in [0.5, 0.6) is 0 Å². The number of hydrogen-bond donors (Lipinski definition) is 0. The number of benzene rings is 9. The third kappa shape index (κ3) is 7.41. The Bertz CT molecular complexity index is 3420. The Hall–Kier alpha value is -7.96. The van der Waals surface area contributed by atoms with E-state index in [2.05, 4.69) is 275 Å². The Kier molecular flexibility index (Phi) is 10.9. The average molecular weight is 928 g/mol. The minimum atomic E-state index is -2.37. The molecule has 0 radical (unpaired) electrons. The first-order valence-corrected chi connectivity index (χ1v) is 30.5. The maximum absolute atomic E-state index is 5.34. The first kappa shape index (κ1) is 43.3. The first-order valence-electron chi connectivity index (χ1n) is 24.5. The van der Waals surface area contributed by atoms with E-state index in [0.717, 1.165) is 28.1 Å². The van der Waals surface area contributed by atoms with Crippen LogP contribution in [-0.4, -0.2) is 21.1 Å². The topological polar surface area (TPSA) is 12.9 Å². The van der Waals surface area contributed by atoms with Crippen LogP contribution in [0.3, 0.4) is 0 Å². The molecule has 3 heteroatoms. The van der Waals surface area contributed by atoms with Crippen molar-refractivity contribution in [2.45, 2.75) is 26.2 Å². The smallest absolute Gasteiger partial charge is 0.115 e. The van der Waals surface area contributed by atoms with Crippen LogP contribution in [0.2, 0.25) is 26.2 Å². The molecule has 0 bridgehead atoms. The molecule has 1 aromatic heterocycles. The lowest BCUT2D eigenvalue weighted by Crippen LogP contribution is -2.42. The fourth-order valence-electron chi connectivity index (χ4n) is 11.8. The maximum Gasteiger partial charge on any atom is 0.115 e. The van der Waals surface area contributed by atoms with Gasteiger partial charge >= 0.3 is 0 Å². The number of hydrogen-bond acceptors (Lipinski definition) is 1. The molecule has 10 aromatic rings. The molecule has 0 amide bonds. The van der Waals surface area contributed by atoms with Crippen LogP contribution in [0.15, 0.2) is 249 Å². The SMILES string of the molecule is C[Si]1(C)C(c2ccccc2)=C(c2ccccc2)c2cccc(-c3cc(-c4cc(-c5ccccc5)nc(-c5ccccc5)c4)cc(-c4cccc5c4[Si](C)(C)C(c4ccccc4)=C5c4ccccc4)c3)c21. The molecule has 12 rings (SSSR count). The molecule has 9 aromatic carbocycles. The van der Waals surface area contributed by atoms with Crippen molar-refractivity contribution >= 4 is 48.1 Å². The zero-order chi connectivity index (χ0) is 47.4. The second-order valence-corrected chi connectivity index (χ2v) is 28.3. The van der Waals surface area contributed by atoms with Crippen LogP contribution >= 0.6 is 0 Å². The largest absolute Gasteiger partial charge is 0.248 e. The summed E-state index contributed by atoms with van der Waals surface area (Å²) in [6.07, 6.45) is 0. The second kappa shape index (κ2) is 17.5. The van der Waals surface area contributed by atoms with Gasteiger partial charge in [-0.1, -0.05) is 245 Å². The Balaban J connectivity index is 1.14. The van der Waals surface area contributed by atoms with Crippen LogP contribution in [0.25, 0.3) is 77.4 Å². The van der Waals surface area contributed by atoms with E-state index in [1.165, 1.54) is 93.1 Å². The maximum atomic E-state index is 5.34. The summed E-state index contributed by atoms with van der Waals surface area (Å²) in [4.78, 5) is 5.34. The van der Waals surface area contributed by atoms with Gasteiger partial charge in [0.2, 0.25) is 0 Å². The van der Waals surface area contributed by atoms with Gasteiger partial charge in [0, 0.05) is 11.1 Å². The predicted octanol–water partition coefficient (Wildman–Crippen LogP) is 16.3. The van der Waals surface area contributed by atoms with Gasteiger partial charge in [0.05, 0.1) is 11.4 Å². The Morgan fingerprint density at radius 3 is 0.886 bits per heavy atom. The molecule has 70 heavy (non-hydrogen) atoms. The van der Waals surface area contributed by atoms with Crippen molar-refractivity contribution < 1.29 is 0 Å². The third-order valence-corrected chi connectivity index (χ3v) is 21.9. The van der Waals surface area contributed by atoms with Crippen molar-refractivity contribution in [1.29, 1.82) is 0 Å². The lowest BCUT2D eigenvalue weighted by Gasteiger charge is -2.27. The molecule has 0 N–H and O–H groups in total. The van der Waals surface area contributed by atoms with Crippen LogP contribution in [0.1, 0.15) is 33.4 Å². The Morgan fingerprint density at radius 2 is 0.529 bits per heavy atom. The first-order chi connectivity index (χ1) is 34.3. The quantitative estimate of drug-likeness (QED) is 0.131. The predicted molar refractivity (Wildman–Crippen MR) is 303 cm³/mol. The standard InChI is InChI=1S/C67H53NSi2/c1-69(2)64(50-33-19-9-20-34-50)62(48-29-15-7-16-30-48)58-39-23-37-56(66(58)69)54-41-52(53-44-60(46-25-11-5-12-26-46)68-61(45-53)47-27-13-6-14-28-47)42-55(43-54)57-38-24-40-59-63(49-31-17-8-18-32-49)65(70(3,4)67(57)59)51-35-21-10-22-36-51/h5-45H,1-4H3. The molecule has 2 aliphatic rings. The van der Waals surface area contributed by atoms with Crippen molar-refractivity contribution in [3.05, 3.63) is 282 Å². The van der Waals surface area contributed by atoms with Crippen molar-refractivity contribution in [3.8, 4) is 55.9 Å². The second-order valence-electron chi connectivity index (χ2n) is 19.8. The van der Waals surface area contributed by atoms with E-state index in [-0.39, 0.29) is 0 Å². The van der Waals surface area contributed by atoms with Crippen molar-refractivity contribution in [2.24, 2.45) is 0 Å². The summed E-state index contributed by atoms with van der Waals surface area (Å²) in [7, 11) is -4.73. The molecule has 0 aliphatic carbocycles. The highest BCUT2D eigenvalue weighted by atomic mass is 28.3. The molecule has 0 spiro atoms. The number of rotatable bonds is 9. The fourth-order valence-corrected chi connectivity index (χ4v) is 19.5. The molecule has 0 saturated carbocycles. The number of pyridine rings is 1. The third-order valence-electron chi connectivity index (χ3n) is 14.8. The van der Waals surface area contributed by atoms with Crippen LogP contribution in [0, 0.1) is 0 Å². The van der Waals surface area contributed by atoms with E-state index >= 15 is 0 Å². The molecule has 3 heterocycles. The lowest BCUT2D eigenvalue weighted by molar-refractivity contribution is 1.32. The fraction of sp³-hybridized carbons (Fsp3) is 0.0597. The molecular formula is C67H53NSi2. The van der Waals surface area contributed by atoms with Crippen molar-refractivity contribution in [1.82, 2.24) is 4.98 Å². The van der Waals surface area contributed by atoms with Gasteiger partial charge in [0.15, 0.2) is 0 Å². The van der Waals surface area contributed by atoms with Crippen molar-refractivity contribution in [2.75, 3.05) is 0 Å². The molecular weight excluding hydrogens is 875 g/mol. The highest BCUT2D eigenvalue weighted by molar-refractivity contribution is 7.09. The summed E-state index contributed by atoms with van der Waals surface area (Å²) in [5.41, 5.74) is 22.2. The van der Waals surface area contributed by atoms with Gasteiger partial charge in [0.25, 0.3) is 0 Å². The molecule has 0 saturated heterocycles. The van der Waals surface area contributed by atoms with E-state index in [1.807, 2.05) is 0 Å². The monoisotopic (exact) mass is 927 g/mol. The van der Waals surface area contributed by atoms with Gasteiger partial charge < -0.3 is 0 Å². The number of fused-ring (bicyclic) bond motifs is 2. The average Bonchev–Trinajstić information content (AvgIpc) is 3.82. The van der Waals surface area contributed by atoms with E-state index in [1.54, 1.807) is 0 Å². The highest BCUT2D eigenvalue weighted by Crippen LogP contribution is 2.48. The van der Waals surface area contributed by atoms with E-state index in [4.69, 9.17) is 4.98 Å². The summed E-state index contributed by atoms with van der Waals surface area (Å²) in [5.74, 6) is 0. The van der Waals surface area contributed by atoms with Gasteiger partial charge in [-0.15, -0.1) is 0 Å². The van der Waals surface area contributed by atoms with E-state index in [9.17, 15) is 0 Å². The summed E-state index contributed by atoms with van der Waals surface area (Å²) in [6, 6.07) is 92.0. The molecule has 334 valence electrons. The van der Waals surface area contributed by atoms with Gasteiger partial charge in [0.1, 0.15) is 16.1 Å². The summed E-state index contributed by atoms with van der Waals surface area (Å²) in [5, 5.41) is 5.98. The summed E-state index contributed by atoms with van der Waals surface area (Å²) in [6.45, 7) is 10.3. The zero-order valence-electron chi connectivity index (χ0n) is 40.1. The normalized spacial score (nSPS) is 14.4. The minimum Gasteiger partial charge on any atom is -0.248 e. The zero-order valence-corrected chi connectivity index (χ0v) is 42.1. The van der Waals surface area contributed by atoms with Crippen molar-refractivity contribution in [3.63, 3.8) is 0 Å². The molecule has 0 unspecified atom stereocenters. The molecule has 1 nitrogen and oxygen atoms in total. The molecule has 0 fully saturated rings. The van der Waals surface area contributed by atoms with Gasteiger partial charge in [-0.25, -0.2) is 4.98 Å². The van der Waals surface area contributed by atoms with Gasteiger partial charge in [-0.2, -0.15) is 0 Å².